The molecule has 2 heterocycles. The van der Waals surface area contributed by atoms with Crippen molar-refractivity contribution in [1.82, 2.24) is 0 Å². The molecule has 1 aliphatic heterocycles. The first-order valence-corrected chi connectivity index (χ1v) is 9.14. The SMILES string of the molecule is CCOC(=O)c1oc2ccc(Br)cc2c1C[NH+]1C[C@@H](C)O[C@H](C)C1. The van der Waals surface area contributed by atoms with Crippen LogP contribution in [0.2, 0.25) is 0 Å². The monoisotopic (exact) mass is 396 g/mol. The van der Waals surface area contributed by atoms with Crippen molar-refractivity contribution in [2.45, 2.75) is 39.5 Å². The Balaban J connectivity index is 1.98. The maximum Gasteiger partial charge on any atom is 0.374 e. The average molecular weight is 397 g/mol. The molecule has 0 saturated carbocycles. The van der Waals surface area contributed by atoms with Gasteiger partial charge in [0.05, 0.1) is 12.2 Å². The van der Waals surface area contributed by atoms with Gasteiger partial charge in [-0.05, 0) is 39.0 Å². The van der Waals surface area contributed by atoms with Crippen molar-refractivity contribution >= 4 is 32.9 Å². The van der Waals surface area contributed by atoms with Gasteiger partial charge in [-0.2, -0.15) is 0 Å². The molecule has 1 saturated heterocycles. The van der Waals surface area contributed by atoms with Crippen molar-refractivity contribution in [3.63, 3.8) is 0 Å². The first kappa shape index (κ1) is 17.5. The first-order valence-electron chi connectivity index (χ1n) is 8.35. The first-order chi connectivity index (χ1) is 11.5. The number of furan rings is 1. The Kier molecular flexibility index (Phi) is 5.27. The molecule has 1 aliphatic rings. The summed E-state index contributed by atoms with van der Waals surface area (Å²) in [6.45, 7) is 8.85. The highest BCUT2D eigenvalue weighted by Gasteiger charge is 2.30. The van der Waals surface area contributed by atoms with Crippen molar-refractivity contribution < 1.29 is 23.6 Å². The highest BCUT2D eigenvalue weighted by Crippen LogP contribution is 2.29. The quantitative estimate of drug-likeness (QED) is 0.806. The molecule has 3 rings (SSSR count). The van der Waals surface area contributed by atoms with Crippen molar-refractivity contribution in [3.05, 3.63) is 34.0 Å². The van der Waals surface area contributed by atoms with Gasteiger partial charge in [-0.25, -0.2) is 4.79 Å². The minimum atomic E-state index is -0.395. The Bertz CT molecular complexity index is 732. The van der Waals surface area contributed by atoms with E-state index in [1.54, 1.807) is 6.92 Å². The summed E-state index contributed by atoms with van der Waals surface area (Å²) in [7, 11) is 0. The van der Waals surface area contributed by atoms with Gasteiger partial charge in [0.2, 0.25) is 5.76 Å². The van der Waals surface area contributed by atoms with Gasteiger partial charge >= 0.3 is 5.97 Å². The van der Waals surface area contributed by atoms with Crippen LogP contribution in [-0.2, 0) is 16.0 Å². The van der Waals surface area contributed by atoms with Crippen molar-refractivity contribution in [2.75, 3.05) is 19.7 Å². The van der Waals surface area contributed by atoms with Crippen molar-refractivity contribution in [3.8, 4) is 0 Å². The molecule has 130 valence electrons. The van der Waals surface area contributed by atoms with Crippen LogP contribution in [0.15, 0.2) is 27.1 Å². The normalized spacial score (nSPS) is 24.2. The molecule has 0 unspecified atom stereocenters. The largest absolute Gasteiger partial charge is 0.460 e. The third kappa shape index (κ3) is 3.66. The number of carbonyl (C=O) groups is 1. The number of fused-ring (bicyclic) bond motifs is 1. The number of rotatable bonds is 4. The van der Waals surface area contributed by atoms with Gasteiger partial charge in [0.1, 0.15) is 37.4 Å². The summed E-state index contributed by atoms with van der Waals surface area (Å²) in [4.78, 5) is 13.7. The van der Waals surface area contributed by atoms with E-state index in [4.69, 9.17) is 13.9 Å². The summed E-state index contributed by atoms with van der Waals surface area (Å²) >= 11 is 3.50. The molecule has 1 N–H and O–H groups in total. The molecular formula is C18H23BrNO4+. The molecule has 0 spiro atoms. The van der Waals surface area contributed by atoms with E-state index in [1.807, 2.05) is 18.2 Å². The van der Waals surface area contributed by atoms with E-state index in [0.29, 0.717) is 18.0 Å². The predicted molar refractivity (Wildman–Crippen MR) is 94.3 cm³/mol. The lowest BCUT2D eigenvalue weighted by atomic mass is 10.1. The Morgan fingerprint density at radius 3 is 2.71 bits per heavy atom. The maximum atomic E-state index is 12.3. The highest BCUT2D eigenvalue weighted by molar-refractivity contribution is 9.10. The van der Waals surface area contributed by atoms with Crippen LogP contribution in [0.5, 0.6) is 0 Å². The van der Waals surface area contributed by atoms with Gasteiger partial charge in [0.25, 0.3) is 0 Å². The number of hydrogen-bond acceptors (Lipinski definition) is 4. The fourth-order valence-electron chi connectivity index (χ4n) is 3.44. The number of morpholine rings is 1. The van der Waals surface area contributed by atoms with E-state index in [-0.39, 0.29) is 12.2 Å². The smallest absolute Gasteiger partial charge is 0.374 e. The molecular weight excluding hydrogens is 374 g/mol. The molecule has 2 aromatic rings. The van der Waals surface area contributed by atoms with Gasteiger partial charge in [0.15, 0.2) is 0 Å². The minimum absolute atomic E-state index is 0.208. The number of esters is 1. The molecule has 2 atom stereocenters. The summed E-state index contributed by atoms with van der Waals surface area (Å²) in [6.07, 6.45) is 0.416. The zero-order chi connectivity index (χ0) is 17.3. The Morgan fingerprint density at radius 1 is 1.33 bits per heavy atom. The van der Waals surface area contributed by atoms with Gasteiger partial charge in [0, 0.05) is 9.86 Å². The number of hydrogen-bond donors (Lipinski definition) is 1. The molecule has 5 nitrogen and oxygen atoms in total. The van der Waals surface area contributed by atoms with Crippen LogP contribution < -0.4 is 4.90 Å². The molecule has 0 bridgehead atoms. The number of nitrogens with one attached hydrogen (secondary N) is 1. The Hall–Kier alpha value is -1.37. The zero-order valence-electron chi connectivity index (χ0n) is 14.2. The molecule has 6 heteroatoms. The lowest BCUT2D eigenvalue weighted by Gasteiger charge is -2.32. The third-order valence-corrected chi connectivity index (χ3v) is 4.75. The fourth-order valence-corrected chi connectivity index (χ4v) is 3.80. The topological polar surface area (TPSA) is 53.1 Å². The van der Waals surface area contributed by atoms with Crippen LogP contribution >= 0.6 is 15.9 Å². The van der Waals surface area contributed by atoms with Gasteiger partial charge < -0.3 is 18.8 Å². The number of carbonyl (C=O) groups excluding carboxylic acids is 1. The lowest BCUT2D eigenvalue weighted by Crippen LogP contribution is -3.14. The lowest BCUT2D eigenvalue weighted by molar-refractivity contribution is -0.928. The standard InChI is InChI=1S/C18H22BrNO4/c1-4-22-18(21)17-15(10-20-8-11(2)23-12(3)9-20)14-7-13(19)5-6-16(14)24-17/h5-7,11-12H,4,8-10H2,1-3H3/p+1/t11-,12-/m1/s1. The van der Waals surface area contributed by atoms with Crippen LogP contribution in [0.4, 0.5) is 0 Å². The van der Waals surface area contributed by atoms with Crippen LogP contribution in [0, 0.1) is 0 Å². The maximum absolute atomic E-state index is 12.3. The third-order valence-electron chi connectivity index (χ3n) is 4.26. The summed E-state index contributed by atoms with van der Waals surface area (Å²) < 4.78 is 17.8. The highest BCUT2D eigenvalue weighted by atomic mass is 79.9. The van der Waals surface area contributed by atoms with E-state index in [2.05, 4.69) is 29.8 Å². The predicted octanol–water partition coefficient (Wildman–Crippen LogP) is 2.56. The van der Waals surface area contributed by atoms with Crippen LogP contribution in [0.1, 0.15) is 36.9 Å². The Labute approximate surface area is 150 Å². The second-order valence-electron chi connectivity index (χ2n) is 6.36. The summed E-state index contributed by atoms with van der Waals surface area (Å²) in [5, 5.41) is 0.965. The number of quaternary nitrogens is 1. The Morgan fingerprint density at radius 2 is 2.04 bits per heavy atom. The molecule has 1 aromatic carbocycles. The van der Waals surface area contributed by atoms with E-state index >= 15 is 0 Å². The molecule has 1 fully saturated rings. The zero-order valence-corrected chi connectivity index (χ0v) is 15.8. The van der Waals surface area contributed by atoms with E-state index in [9.17, 15) is 4.79 Å². The number of ether oxygens (including phenoxy) is 2. The van der Waals surface area contributed by atoms with Crippen molar-refractivity contribution in [1.29, 1.82) is 0 Å². The second-order valence-corrected chi connectivity index (χ2v) is 7.28. The average Bonchev–Trinajstić information content (AvgIpc) is 2.85. The second kappa shape index (κ2) is 7.25. The molecule has 0 radical (unpaired) electrons. The fraction of sp³-hybridized carbons (Fsp3) is 0.500. The molecule has 24 heavy (non-hydrogen) atoms. The summed E-state index contributed by atoms with van der Waals surface area (Å²) in [6, 6.07) is 5.80. The minimum Gasteiger partial charge on any atom is -0.460 e. The molecule has 0 amide bonds. The number of halogens is 1. The van der Waals surface area contributed by atoms with Gasteiger partial charge in [-0.1, -0.05) is 15.9 Å². The summed E-state index contributed by atoms with van der Waals surface area (Å²) in [5.41, 5.74) is 1.63. The van der Waals surface area contributed by atoms with Crippen LogP contribution in [0.3, 0.4) is 0 Å². The van der Waals surface area contributed by atoms with Gasteiger partial charge in [-0.3, -0.25) is 0 Å². The molecule has 0 aliphatic carbocycles. The van der Waals surface area contributed by atoms with Crippen LogP contribution in [0.25, 0.3) is 11.0 Å². The van der Waals surface area contributed by atoms with E-state index < -0.39 is 5.97 Å². The van der Waals surface area contributed by atoms with Gasteiger partial charge in [-0.15, -0.1) is 0 Å². The number of benzene rings is 1. The molecule has 1 aromatic heterocycles. The van der Waals surface area contributed by atoms with Crippen molar-refractivity contribution in [2.24, 2.45) is 0 Å². The van der Waals surface area contributed by atoms with Crippen LogP contribution in [-0.4, -0.2) is 37.9 Å². The summed E-state index contributed by atoms with van der Waals surface area (Å²) in [5.74, 6) is -0.0715. The van der Waals surface area contributed by atoms with E-state index in [0.717, 1.165) is 35.1 Å². The van der Waals surface area contributed by atoms with E-state index in [1.165, 1.54) is 4.90 Å².